The highest BCUT2D eigenvalue weighted by molar-refractivity contribution is 14.0. The van der Waals surface area contributed by atoms with Crippen LogP contribution in [0, 0.1) is 0 Å². The van der Waals surface area contributed by atoms with Crippen molar-refractivity contribution in [1.29, 1.82) is 0 Å². The normalized spacial score (nSPS) is 11.4. The van der Waals surface area contributed by atoms with Crippen LogP contribution < -0.4 is 10.6 Å². The third kappa shape index (κ3) is 8.86. The molecule has 0 fully saturated rings. The smallest absolute Gasteiger partial charge is 0.241 e. The van der Waals surface area contributed by atoms with E-state index in [-0.39, 0.29) is 42.0 Å². The third-order valence-electron chi connectivity index (χ3n) is 2.66. The van der Waals surface area contributed by atoms with Gasteiger partial charge >= 0.3 is 0 Å². The number of halogens is 1. The average Bonchev–Trinajstić information content (AvgIpc) is 2.41. The summed E-state index contributed by atoms with van der Waals surface area (Å²) in [6.07, 6.45) is 0. The van der Waals surface area contributed by atoms with E-state index < -0.39 is 0 Å². The number of amides is 1. The fraction of sp³-hybridized carbons (Fsp3) is 0.500. The van der Waals surface area contributed by atoms with Gasteiger partial charge in [-0.2, -0.15) is 0 Å². The summed E-state index contributed by atoms with van der Waals surface area (Å²) < 4.78 is 0. The first-order valence-electron chi connectivity index (χ1n) is 7.08. The molecule has 6 heteroatoms. The molecule has 0 aliphatic rings. The highest BCUT2D eigenvalue weighted by Crippen LogP contribution is 2.02. The second kappa shape index (κ2) is 9.66. The highest BCUT2D eigenvalue weighted by Gasteiger charge is 2.13. The molecule has 0 unspecified atom stereocenters. The lowest BCUT2D eigenvalue weighted by Crippen LogP contribution is -2.49. The molecule has 2 N–H and O–H groups in total. The monoisotopic (exact) mass is 418 g/mol. The summed E-state index contributed by atoms with van der Waals surface area (Å²) in [5.74, 6) is 0.652. The number of hydrogen-bond donors (Lipinski definition) is 2. The SMILES string of the molecule is CN(C)C(=O)CNC(=NCc1ccccc1)NC(C)(C)C.I. The Kier molecular flexibility index (Phi) is 9.08. The van der Waals surface area contributed by atoms with Crippen molar-refractivity contribution in [2.24, 2.45) is 4.99 Å². The molecule has 0 radical (unpaired) electrons. The van der Waals surface area contributed by atoms with Gasteiger partial charge in [0.05, 0.1) is 13.1 Å². The Morgan fingerprint density at radius 2 is 1.77 bits per heavy atom. The first-order valence-corrected chi connectivity index (χ1v) is 7.08. The predicted octanol–water partition coefficient (Wildman–Crippen LogP) is 2.23. The molecule has 22 heavy (non-hydrogen) atoms. The number of guanidine groups is 1. The van der Waals surface area contributed by atoms with Crippen LogP contribution in [0.1, 0.15) is 26.3 Å². The number of nitrogens with zero attached hydrogens (tertiary/aromatic N) is 2. The van der Waals surface area contributed by atoms with Crippen molar-refractivity contribution < 1.29 is 4.79 Å². The van der Waals surface area contributed by atoms with Crippen LogP contribution in [-0.2, 0) is 11.3 Å². The maximum Gasteiger partial charge on any atom is 0.241 e. The fourth-order valence-corrected chi connectivity index (χ4v) is 1.57. The first kappa shape index (κ1) is 20.7. The summed E-state index contributed by atoms with van der Waals surface area (Å²) in [5.41, 5.74) is 1.01. The number of hydrogen-bond acceptors (Lipinski definition) is 2. The van der Waals surface area contributed by atoms with Crippen LogP contribution in [0.4, 0.5) is 0 Å². The van der Waals surface area contributed by atoms with Crippen LogP contribution in [0.25, 0.3) is 0 Å². The molecule has 0 saturated carbocycles. The van der Waals surface area contributed by atoms with E-state index in [1.54, 1.807) is 19.0 Å². The molecular weight excluding hydrogens is 391 g/mol. The van der Waals surface area contributed by atoms with Gasteiger partial charge in [0.25, 0.3) is 0 Å². The van der Waals surface area contributed by atoms with E-state index in [4.69, 9.17) is 0 Å². The number of carbonyl (C=O) groups is 1. The quantitative estimate of drug-likeness (QED) is 0.448. The minimum atomic E-state index is -0.121. The molecule has 0 aromatic heterocycles. The van der Waals surface area contributed by atoms with Crippen LogP contribution in [0.15, 0.2) is 35.3 Å². The van der Waals surface area contributed by atoms with Crippen LogP contribution in [0.5, 0.6) is 0 Å². The molecule has 1 amide bonds. The molecule has 0 bridgehead atoms. The number of nitrogens with one attached hydrogen (secondary N) is 2. The van der Waals surface area contributed by atoms with E-state index in [1.807, 2.05) is 30.3 Å². The van der Waals surface area contributed by atoms with Crippen molar-refractivity contribution in [2.75, 3.05) is 20.6 Å². The summed E-state index contributed by atoms with van der Waals surface area (Å²) in [6.45, 7) is 6.97. The molecule has 1 rings (SSSR count). The Morgan fingerprint density at radius 1 is 1.18 bits per heavy atom. The Bertz CT molecular complexity index is 481. The molecule has 0 atom stereocenters. The lowest BCUT2D eigenvalue weighted by atomic mass is 10.1. The minimum absolute atomic E-state index is 0. The Labute approximate surface area is 150 Å². The van der Waals surface area contributed by atoms with Crippen molar-refractivity contribution in [3.05, 3.63) is 35.9 Å². The van der Waals surface area contributed by atoms with Crippen molar-refractivity contribution >= 4 is 35.8 Å². The average molecular weight is 418 g/mol. The van der Waals surface area contributed by atoms with Gasteiger partial charge in [0, 0.05) is 19.6 Å². The number of likely N-dealkylation sites (N-methyl/N-ethyl adjacent to an activating group) is 1. The molecule has 0 saturated heterocycles. The zero-order valence-corrected chi connectivity index (χ0v) is 16.3. The molecule has 0 aliphatic heterocycles. The van der Waals surface area contributed by atoms with Gasteiger partial charge in [-0.1, -0.05) is 30.3 Å². The van der Waals surface area contributed by atoms with Gasteiger partial charge in [0.15, 0.2) is 5.96 Å². The molecule has 0 spiro atoms. The Balaban J connectivity index is 0.00000441. The van der Waals surface area contributed by atoms with E-state index in [0.717, 1.165) is 5.56 Å². The van der Waals surface area contributed by atoms with E-state index >= 15 is 0 Å². The van der Waals surface area contributed by atoms with Gasteiger partial charge in [0.1, 0.15) is 0 Å². The first-order chi connectivity index (χ1) is 9.78. The molecule has 1 aromatic rings. The number of rotatable bonds is 4. The van der Waals surface area contributed by atoms with Crippen molar-refractivity contribution in [1.82, 2.24) is 15.5 Å². The second-order valence-electron chi connectivity index (χ2n) is 6.17. The zero-order valence-electron chi connectivity index (χ0n) is 14.0. The number of aliphatic imine (C=N–C) groups is 1. The molecule has 0 heterocycles. The summed E-state index contributed by atoms with van der Waals surface area (Å²) >= 11 is 0. The summed E-state index contributed by atoms with van der Waals surface area (Å²) in [6, 6.07) is 10.0. The van der Waals surface area contributed by atoms with E-state index in [9.17, 15) is 4.79 Å². The summed E-state index contributed by atoms with van der Waals surface area (Å²) in [7, 11) is 3.48. The number of benzene rings is 1. The van der Waals surface area contributed by atoms with Gasteiger partial charge in [-0.25, -0.2) is 4.99 Å². The maximum absolute atomic E-state index is 11.7. The number of carbonyl (C=O) groups excluding carboxylic acids is 1. The van der Waals surface area contributed by atoms with Crippen molar-refractivity contribution in [3.63, 3.8) is 0 Å². The molecule has 0 aliphatic carbocycles. The largest absolute Gasteiger partial charge is 0.352 e. The summed E-state index contributed by atoms with van der Waals surface area (Å²) in [4.78, 5) is 17.8. The lowest BCUT2D eigenvalue weighted by Gasteiger charge is -2.24. The molecule has 124 valence electrons. The van der Waals surface area contributed by atoms with Gasteiger partial charge < -0.3 is 15.5 Å². The van der Waals surface area contributed by atoms with Crippen LogP contribution >= 0.6 is 24.0 Å². The Hall–Kier alpha value is -1.31. The minimum Gasteiger partial charge on any atom is -0.352 e. The maximum atomic E-state index is 11.7. The van der Waals surface area contributed by atoms with Crippen molar-refractivity contribution in [2.45, 2.75) is 32.9 Å². The van der Waals surface area contributed by atoms with E-state index in [2.05, 4.69) is 36.4 Å². The van der Waals surface area contributed by atoms with Gasteiger partial charge in [-0.15, -0.1) is 24.0 Å². The van der Waals surface area contributed by atoms with E-state index in [1.165, 1.54) is 0 Å². The molecule has 5 nitrogen and oxygen atoms in total. The lowest BCUT2D eigenvalue weighted by molar-refractivity contribution is -0.127. The standard InChI is InChI=1S/C16H26N4O.HI/c1-16(2,3)19-15(18-12-14(21)20(4)5)17-11-13-9-7-6-8-10-13;/h6-10H,11-12H2,1-5H3,(H2,17,18,19);1H. The van der Waals surface area contributed by atoms with Crippen molar-refractivity contribution in [3.8, 4) is 0 Å². The topological polar surface area (TPSA) is 56.7 Å². The van der Waals surface area contributed by atoms with Gasteiger partial charge in [0.2, 0.25) is 5.91 Å². The molecule has 1 aromatic carbocycles. The van der Waals surface area contributed by atoms with Crippen LogP contribution in [0.2, 0.25) is 0 Å². The van der Waals surface area contributed by atoms with Crippen LogP contribution in [-0.4, -0.2) is 42.9 Å². The van der Waals surface area contributed by atoms with Gasteiger partial charge in [-0.3, -0.25) is 4.79 Å². The van der Waals surface area contributed by atoms with E-state index in [0.29, 0.717) is 12.5 Å². The third-order valence-corrected chi connectivity index (χ3v) is 2.66. The molecular formula is C16H27IN4O. The van der Waals surface area contributed by atoms with Crippen LogP contribution in [0.3, 0.4) is 0 Å². The summed E-state index contributed by atoms with van der Waals surface area (Å²) in [5, 5.41) is 6.36. The highest BCUT2D eigenvalue weighted by atomic mass is 127. The predicted molar refractivity (Wildman–Crippen MR) is 103 cm³/mol. The second-order valence-corrected chi connectivity index (χ2v) is 6.17. The van der Waals surface area contributed by atoms with Gasteiger partial charge in [-0.05, 0) is 26.3 Å². The zero-order chi connectivity index (χ0) is 15.9. The fourth-order valence-electron chi connectivity index (χ4n) is 1.57. The Morgan fingerprint density at radius 3 is 2.27 bits per heavy atom.